The maximum Gasteiger partial charge on any atom is 0.407 e. The molecule has 3 aromatic carbocycles. The predicted molar refractivity (Wildman–Crippen MR) is 120 cm³/mol. The first-order valence-electron chi connectivity index (χ1n) is 9.89. The number of carbonyl (C=O) groups is 1. The molecular weight excluding hydrogens is 462 g/mol. The van der Waals surface area contributed by atoms with Gasteiger partial charge in [-0.2, -0.15) is 0 Å². The van der Waals surface area contributed by atoms with E-state index < -0.39 is 18.3 Å². The van der Waals surface area contributed by atoms with Crippen molar-refractivity contribution >= 4 is 22.0 Å². The standard InChI is InChI=1S/C24H22BrNO5/c25-22-18(10-5-11-20(22)27)23(29)21(28)12-26-24(30)31-13-19-16-8-3-1-6-14(16)15-7-2-4-9-17(15)19/h1-11,19,21,23,27-29H,12-13H2,(H,26,30). The van der Waals surface area contributed by atoms with Crippen molar-refractivity contribution in [2.24, 2.45) is 0 Å². The lowest BCUT2D eigenvalue weighted by atomic mass is 9.98. The summed E-state index contributed by atoms with van der Waals surface area (Å²) in [4.78, 5) is 12.2. The molecule has 0 aliphatic heterocycles. The van der Waals surface area contributed by atoms with Crippen LogP contribution >= 0.6 is 15.9 Å². The van der Waals surface area contributed by atoms with Crippen molar-refractivity contribution in [3.8, 4) is 16.9 Å². The van der Waals surface area contributed by atoms with E-state index in [9.17, 15) is 20.1 Å². The van der Waals surface area contributed by atoms with Gasteiger partial charge in [0.1, 0.15) is 24.6 Å². The van der Waals surface area contributed by atoms with Crippen molar-refractivity contribution in [2.75, 3.05) is 13.2 Å². The number of nitrogens with one attached hydrogen (secondary N) is 1. The number of phenolic OH excluding ortho intramolecular Hbond substituents is 1. The Balaban J connectivity index is 1.35. The summed E-state index contributed by atoms with van der Waals surface area (Å²) in [5.74, 6) is -0.106. The highest BCUT2D eigenvalue weighted by Gasteiger charge is 2.29. The molecule has 6 nitrogen and oxygen atoms in total. The molecule has 160 valence electrons. The van der Waals surface area contributed by atoms with Gasteiger partial charge in [-0.15, -0.1) is 0 Å². The molecule has 0 aromatic heterocycles. The Labute approximate surface area is 188 Å². The number of ether oxygens (including phenoxy) is 1. The van der Waals surface area contributed by atoms with Crippen LogP contribution < -0.4 is 5.32 Å². The first kappa shape index (κ1) is 21.4. The number of carbonyl (C=O) groups excluding carboxylic acids is 1. The van der Waals surface area contributed by atoms with Gasteiger partial charge in [0.15, 0.2) is 0 Å². The molecule has 2 unspecified atom stereocenters. The molecule has 0 heterocycles. The number of halogens is 1. The fourth-order valence-electron chi connectivity index (χ4n) is 3.92. The number of hydrogen-bond acceptors (Lipinski definition) is 5. The van der Waals surface area contributed by atoms with Crippen LogP contribution in [0.25, 0.3) is 11.1 Å². The van der Waals surface area contributed by atoms with Crippen LogP contribution in [-0.4, -0.2) is 40.7 Å². The van der Waals surface area contributed by atoms with E-state index in [1.54, 1.807) is 12.1 Å². The van der Waals surface area contributed by atoms with Crippen molar-refractivity contribution in [1.82, 2.24) is 5.32 Å². The Morgan fingerprint density at radius 3 is 2.23 bits per heavy atom. The number of rotatable bonds is 6. The maximum atomic E-state index is 12.2. The summed E-state index contributed by atoms with van der Waals surface area (Å²) in [5, 5.41) is 32.8. The SMILES string of the molecule is O=C(NCC(O)C(O)c1cccc(O)c1Br)OCC1c2ccccc2-c2ccccc21. The third-order valence-corrected chi connectivity index (χ3v) is 6.35. The summed E-state index contributed by atoms with van der Waals surface area (Å²) < 4.78 is 5.72. The summed E-state index contributed by atoms with van der Waals surface area (Å²) in [6.07, 6.45) is -3.25. The molecule has 0 spiro atoms. The molecule has 0 fully saturated rings. The quantitative estimate of drug-likeness (QED) is 0.423. The molecule has 7 heteroatoms. The first-order chi connectivity index (χ1) is 15.0. The number of aromatic hydroxyl groups is 1. The zero-order valence-corrected chi connectivity index (χ0v) is 18.1. The van der Waals surface area contributed by atoms with Gasteiger partial charge >= 0.3 is 6.09 Å². The molecule has 3 aromatic rings. The van der Waals surface area contributed by atoms with Gasteiger partial charge in [-0.3, -0.25) is 0 Å². The highest BCUT2D eigenvalue weighted by atomic mass is 79.9. The third kappa shape index (κ3) is 4.30. The summed E-state index contributed by atoms with van der Waals surface area (Å²) in [7, 11) is 0. The summed E-state index contributed by atoms with van der Waals surface area (Å²) in [5.41, 5.74) is 4.83. The van der Waals surface area contributed by atoms with Gasteiger partial charge in [-0.05, 0) is 44.3 Å². The maximum absolute atomic E-state index is 12.2. The lowest BCUT2D eigenvalue weighted by Gasteiger charge is -2.20. The summed E-state index contributed by atoms with van der Waals surface area (Å²) >= 11 is 3.19. The Morgan fingerprint density at radius 2 is 1.58 bits per heavy atom. The average molecular weight is 484 g/mol. The van der Waals surface area contributed by atoms with Gasteiger partial charge in [-0.25, -0.2) is 4.79 Å². The van der Waals surface area contributed by atoms with Crippen LogP contribution in [0.15, 0.2) is 71.2 Å². The fraction of sp³-hybridized carbons (Fsp3) is 0.208. The second-order valence-corrected chi connectivity index (χ2v) is 8.19. The van der Waals surface area contributed by atoms with Crippen LogP contribution in [0, 0.1) is 0 Å². The van der Waals surface area contributed by atoms with E-state index in [1.165, 1.54) is 6.07 Å². The van der Waals surface area contributed by atoms with Crippen LogP contribution in [-0.2, 0) is 4.74 Å². The van der Waals surface area contributed by atoms with E-state index >= 15 is 0 Å². The van der Waals surface area contributed by atoms with Crippen molar-refractivity contribution < 1.29 is 24.9 Å². The predicted octanol–water partition coefficient (Wildman–Crippen LogP) is 4.09. The lowest BCUT2D eigenvalue weighted by Crippen LogP contribution is -2.36. The van der Waals surface area contributed by atoms with Gasteiger partial charge in [0.25, 0.3) is 0 Å². The number of fused-ring (bicyclic) bond motifs is 3. The summed E-state index contributed by atoms with van der Waals surface area (Å²) in [6, 6.07) is 20.7. The monoisotopic (exact) mass is 483 g/mol. The van der Waals surface area contributed by atoms with Crippen molar-refractivity contribution in [3.63, 3.8) is 0 Å². The third-order valence-electron chi connectivity index (χ3n) is 5.49. The number of aliphatic hydroxyl groups is 2. The van der Waals surface area contributed by atoms with E-state index in [0.29, 0.717) is 10.0 Å². The first-order valence-corrected chi connectivity index (χ1v) is 10.7. The average Bonchev–Trinajstić information content (AvgIpc) is 3.11. The highest BCUT2D eigenvalue weighted by Crippen LogP contribution is 2.44. The zero-order valence-electron chi connectivity index (χ0n) is 16.5. The minimum atomic E-state index is -1.30. The number of hydrogen-bond donors (Lipinski definition) is 4. The number of benzene rings is 3. The van der Waals surface area contributed by atoms with Gasteiger partial charge in [0.2, 0.25) is 0 Å². The van der Waals surface area contributed by atoms with Crippen LogP contribution in [0.3, 0.4) is 0 Å². The molecule has 1 aliphatic carbocycles. The molecule has 0 bridgehead atoms. The second-order valence-electron chi connectivity index (χ2n) is 7.40. The van der Waals surface area contributed by atoms with E-state index in [-0.39, 0.29) is 24.8 Å². The molecule has 4 rings (SSSR count). The molecule has 31 heavy (non-hydrogen) atoms. The van der Waals surface area contributed by atoms with Crippen molar-refractivity contribution in [1.29, 1.82) is 0 Å². The van der Waals surface area contributed by atoms with Gasteiger partial charge in [0.05, 0.1) is 4.47 Å². The molecule has 1 aliphatic rings. The van der Waals surface area contributed by atoms with Crippen molar-refractivity contribution in [3.05, 3.63) is 87.9 Å². The van der Waals surface area contributed by atoms with E-state index in [0.717, 1.165) is 22.3 Å². The van der Waals surface area contributed by atoms with E-state index in [1.807, 2.05) is 36.4 Å². The molecular formula is C24H22BrNO5. The normalized spacial score (nSPS) is 14.4. The van der Waals surface area contributed by atoms with E-state index in [4.69, 9.17) is 4.74 Å². The second kappa shape index (κ2) is 9.09. The Morgan fingerprint density at radius 1 is 0.968 bits per heavy atom. The lowest BCUT2D eigenvalue weighted by molar-refractivity contribution is 0.0180. The minimum absolute atomic E-state index is 0.0479. The van der Waals surface area contributed by atoms with Gasteiger partial charge in [-0.1, -0.05) is 60.7 Å². The molecule has 0 radical (unpaired) electrons. The minimum Gasteiger partial charge on any atom is -0.507 e. The largest absolute Gasteiger partial charge is 0.507 e. The van der Waals surface area contributed by atoms with Crippen LogP contribution in [0.4, 0.5) is 4.79 Å². The smallest absolute Gasteiger partial charge is 0.407 e. The number of phenols is 1. The van der Waals surface area contributed by atoms with Gasteiger partial charge < -0.3 is 25.4 Å². The Bertz CT molecular complexity index is 1060. The van der Waals surface area contributed by atoms with Crippen molar-refractivity contribution in [2.45, 2.75) is 18.1 Å². The number of aliphatic hydroxyl groups excluding tert-OH is 2. The fourth-order valence-corrected chi connectivity index (χ4v) is 4.42. The molecule has 4 N–H and O–H groups in total. The van der Waals surface area contributed by atoms with Crippen LogP contribution in [0.5, 0.6) is 5.75 Å². The number of alkyl carbamates (subject to hydrolysis) is 1. The molecule has 0 saturated heterocycles. The Hall–Kier alpha value is -2.87. The molecule has 0 saturated carbocycles. The Kier molecular flexibility index (Phi) is 6.27. The van der Waals surface area contributed by atoms with E-state index in [2.05, 4.69) is 33.4 Å². The molecule has 2 atom stereocenters. The molecule has 1 amide bonds. The van der Waals surface area contributed by atoms with Crippen LogP contribution in [0.2, 0.25) is 0 Å². The highest BCUT2D eigenvalue weighted by molar-refractivity contribution is 9.10. The van der Waals surface area contributed by atoms with Crippen LogP contribution in [0.1, 0.15) is 28.7 Å². The summed E-state index contributed by atoms with van der Waals surface area (Å²) in [6.45, 7) is -0.0451. The van der Waals surface area contributed by atoms with Gasteiger partial charge in [0, 0.05) is 18.0 Å². The number of amides is 1. The zero-order chi connectivity index (χ0) is 22.0. The topological polar surface area (TPSA) is 99.0 Å².